The molecule has 16 heavy (non-hydrogen) atoms. The molecule has 0 aliphatic heterocycles. The lowest BCUT2D eigenvalue weighted by Gasteiger charge is -2.16. The Kier molecular flexibility index (Phi) is 5.47. The molecule has 0 spiro atoms. The molecule has 0 bridgehead atoms. The van der Waals surface area contributed by atoms with Gasteiger partial charge in [0.2, 0.25) is 0 Å². The van der Waals surface area contributed by atoms with Crippen molar-refractivity contribution in [2.45, 2.75) is 32.7 Å². The highest BCUT2D eigenvalue weighted by molar-refractivity contribution is 5.24. The summed E-state index contributed by atoms with van der Waals surface area (Å²) in [6.07, 6.45) is 0.626. The Morgan fingerprint density at radius 1 is 1.19 bits per heavy atom. The number of hydrogen-bond donors (Lipinski definition) is 0. The summed E-state index contributed by atoms with van der Waals surface area (Å²) < 4.78 is 12.0. The molecule has 2 heteroatoms. The Hall–Kier alpha value is -0.890. The first kappa shape index (κ1) is 13.2. The number of halogens is 1. The molecule has 1 nitrogen and oxygen atoms in total. The molecule has 0 saturated heterocycles. The van der Waals surface area contributed by atoms with Crippen LogP contribution in [-0.2, 0) is 6.54 Å². The normalized spacial score (nSPS) is 11.4. The molecule has 0 aliphatic rings. The minimum absolute atomic E-state index is 0.226. The molecule has 0 fully saturated rings. The molecule has 0 radical (unpaired) electrons. The van der Waals surface area contributed by atoms with E-state index >= 15 is 0 Å². The van der Waals surface area contributed by atoms with E-state index in [-0.39, 0.29) is 6.67 Å². The second kappa shape index (κ2) is 6.64. The summed E-state index contributed by atoms with van der Waals surface area (Å²) in [5, 5.41) is 0. The molecule has 0 heterocycles. The zero-order chi connectivity index (χ0) is 12.0. The van der Waals surface area contributed by atoms with Gasteiger partial charge < -0.3 is 4.90 Å². The molecular weight excluding hydrogens is 201 g/mol. The number of rotatable bonds is 6. The third-order valence-electron chi connectivity index (χ3n) is 2.77. The molecule has 0 saturated carbocycles. The number of hydrogen-bond acceptors (Lipinski definition) is 1. The SMILES string of the molecule is CC(C)c1ccc(CN(C)CCCF)cc1. The summed E-state index contributed by atoms with van der Waals surface area (Å²) in [6.45, 7) is 5.89. The minimum Gasteiger partial charge on any atom is -0.302 e. The average Bonchev–Trinajstić information content (AvgIpc) is 2.27. The quantitative estimate of drug-likeness (QED) is 0.712. The van der Waals surface area contributed by atoms with Crippen LogP contribution in [0.25, 0.3) is 0 Å². The van der Waals surface area contributed by atoms with Crippen LogP contribution in [-0.4, -0.2) is 25.2 Å². The van der Waals surface area contributed by atoms with Gasteiger partial charge in [-0.3, -0.25) is 4.39 Å². The van der Waals surface area contributed by atoms with Crippen LogP contribution in [0.15, 0.2) is 24.3 Å². The van der Waals surface area contributed by atoms with E-state index < -0.39 is 0 Å². The first-order valence-corrected chi connectivity index (χ1v) is 5.97. The van der Waals surface area contributed by atoms with Crippen molar-refractivity contribution in [2.24, 2.45) is 0 Å². The molecule has 1 aromatic rings. The van der Waals surface area contributed by atoms with Gasteiger partial charge in [-0.25, -0.2) is 0 Å². The van der Waals surface area contributed by atoms with Crippen LogP contribution in [0, 0.1) is 0 Å². The van der Waals surface area contributed by atoms with Crippen molar-refractivity contribution in [1.82, 2.24) is 4.90 Å². The minimum atomic E-state index is -0.226. The first-order valence-electron chi connectivity index (χ1n) is 5.97. The van der Waals surface area contributed by atoms with Crippen LogP contribution >= 0.6 is 0 Å². The van der Waals surface area contributed by atoms with E-state index in [9.17, 15) is 4.39 Å². The van der Waals surface area contributed by atoms with Crippen molar-refractivity contribution in [1.29, 1.82) is 0 Å². The highest BCUT2D eigenvalue weighted by Gasteiger charge is 2.02. The number of benzene rings is 1. The number of alkyl halides is 1. The Bertz CT molecular complexity index is 292. The lowest BCUT2D eigenvalue weighted by molar-refractivity contribution is 0.303. The van der Waals surface area contributed by atoms with Crippen LogP contribution in [0.1, 0.15) is 37.3 Å². The third kappa shape index (κ3) is 4.31. The van der Waals surface area contributed by atoms with Crippen molar-refractivity contribution < 1.29 is 4.39 Å². The van der Waals surface area contributed by atoms with E-state index in [0.717, 1.165) is 13.1 Å². The van der Waals surface area contributed by atoms with E-state index in [1.807, 2.05) is 7.05 Å². The molecular formula is C14H22FN. The van der Waals surface area contributed by atoms with E-state index in [1.165, 1.54) is 11.1 Å². The summed E-state index contributed by atoms with van der Waals surface area (Å²) in [6, 6.07) is 8.70. The van der Waals surface area contributed by atoms with Gasteiger partial charge in [0.1, 0.15) is 0 Å². The van der Waals surface area contributed by atoms with Crippen LogP contribution in [0.5, 0.6) is 0 Å². The third-order valence-corrected chi connectivity index (χ3v) is 2.77. The molecule has 0 aliphatic carbocycles. The van der Waals surface area contributed by atoms with Gasteiger partial charge in [-0.15, -0.1) is 0 Å². The van der Waals surface area contributed by atoms with Crippen molar-refractivity contribution in [3.05, 3.63) is 35.4 Å². The fourth-order valence-corrected chi connectivity index (χ4v) is 1.73. The maximum absolute atomic E-state index is 12.0. The maximum atomic E-state index is 12.0. The fourth-order valence-electron chi connectivity index (χ4n) is 1.73. The van der Waals surface area contributed by atoms with Gasteiger partial charge in [0.05, 0.1) is 6.67 Å². The highest BCUT2D eigenvalue weighted by Crippen LogP contribution is 2.15. The number of nitrogens with zero attached hydrogens (tertiary/aromatic N) is 1. The molecule has 0 aromatic heterocycles. The molecule has 1 aromatic carbocycles. The van der Waals surface area contributed by atoms with E-state index in [2.05, 4.69) is 43.0 Å². The molecule has 90 valence electrons. The second-order valence-electron chi connectivity index (χ2n) is 4.68. The van der Waals surface area contributed by atoms with Gasteiger partial charge in [0.25, 0.3) is 0 Å². The zero-order valence-electron chi connectivity index (χ0n) is 10.5. The van der Waals surface area contributed by atoms with Crippen molar-refractivity contribution in [2.75, 3.05) is 20.3 Å². The lowest BCUT2D eigenvalue weighted by Crippen LogP contribution is -2.19. The Balaban J connectivity index is 2.48. The van der Waals surface area contributed by atoms with Crippen LogP contribution in [0.3, 0.4) is 0 Å². The van der Waals surface area contributed by atoms with E-state index in [0.29, 0.717) is 12.3 Å². The van der Waals surface area contributed by atoms with Gasteiger partial charge in [0, 0.05) is 13.1 Å². The van der Waals surface area contributed by atoms with Gasteiger partial charge in [-0.1, -0.05) is 38.1 Å². The van der Waals surface area contributed by atoms with Crippen LogP contribution in [0.2, 0.25) is 0 Å². The predicted molar refractivity (Wildman–Crippen MR) is 67.5 cm³/mol. The monoisotopic (exact) mass is 223 g/mol. The van der Waals surface area contributed by atoms with Crippen molar-refractivity contribution in [3.8, 4) is 0 Å². The van der Waals surface area contributed by atoms with Gasteiger partial charge in [-0.2, -0.15) is 0 Å². The standard InChI is InChI=1S/C14H22FN/c1-12(2)14-7-5-13(6-8-14)11-16(3)10-4-9-15/h5-8,12H,4,9-11H2,1-3H3. The summed E-state index contributed by atoms with van der Waals surface area (Å²) in [4.78, 5) is 2.16. The summed E-state index contributed by atoms with van der Waals surface area (Å²) in [7, 11) is 2.03. The zero-order valence-corrected chi connectivity index (χ0v) is 10.5. The smallest absolute Gasteiger partial charge is 0.0906 e. The Morgan fingerprint density at radius 2 is 1.81 bits per heavy atom. The Morgan fingerprint density at radius 3 is 2.31 bits per heavy atom. The summed E-state index contributed by atoms with van der Waals surface area (Å²) >= 11 is 0. The molecule has 0 N–H and O–H groups in total. The topological polar surface area (TPSA) is 3.24 Å². The molecule has 0 unspecified atom stereocenters. The van der Waals surface area contributed by atoms with E-state index in [4.69, 9.17) is 0 Å². The summed E-state index contributed by atoms with van der Waals surface area (Å²) in [5.74, 6) is 0.582. The lowest BCUT2D eigenvalue weighted by atomic mass is 10.0. The maximum Gasteiger partial charge on any atom is 0.0906 e. The van der Waals surface area contributed by atoms with Crippen LogP contribution < -0.4 is 0 Å². The second-order valence-corrected chi connectivity index (χ2v) is 4.68. The van der Waals surface area contributed by atoms with Gasteiger partial charge >= 0.3 is 0 Å². The fraction of sp³-hybridized carbons (Fsp3) is 0.571. The molecule has 0 atom stereocenters. The highest BCUT2D eigenvalue weighted by atomic mass is 19.1. The van der Waals surface area contributed by atoms with Gasteiger partial charge in [0.15, 0.2) is 0 Å². The van der Waals surface area contributed by atoms with Gasteiger partial charge in [-0.05, 0) is 30.5 Å². The predicted octanol–water partition coefficient (Wildman–Crippen LogP) is 3.60. The Labute approximate surface area is 98.3 Å². The van der Waals surface area contributed by atoms with Crippen molar-refractivity contribution >= 4 is 0 Å². The van der Waals surface area contributed by atoms with Crippen molar-refractivity contribution in [3.63, 3.8) is 0 Å². The van der Waals surface area contributed by atoms with E-state index in [1.54, 1.807) is 0 Å². The largest absolute Gasteiger partial charge is 0.302 e. The first-order chi connectivity index (χ1) is 7.63. The van der Waals surface area contributed by atoms with Crippen LogP contribution in [0.4, 0.5) is 4.39 Å². The molecule has 1 rings (SSSR count). The molecule has 0 amide bonds. The summed E-state index contributed by atoms with van der Waals surface area (Å²) in [5.41, 5.74) is 2.67. The average molecular weight is 223 g/mol.